The lowest BCUT2D eigenvalue weighted by Gasteiger charge is -1.95. The largest absolute Gasteiger partial charge is 0.507 e. The fourth-order valence-electron chi connectivity index (χ4n) is 0.654. The van der Waals surface area contributed by atoms with Gasteiger partial charge in [0.1, 0.15) is 11.3 Å². The summed E-state index contributed by atoms with van der Waals surface area (Å²) in [6, 6.07) is 5.81. The summed E-state index contributed by atoms with van der Waals surface area (Å²) in [5.74, 6) is -1.31. The second-order valence-corrected chi connectivity index (χ2v) is 2.23. The zero-order valence-corrected chi connectivity index (χ0v) is 7.40. The Morgan fingerprint density at radius 1 is 1.46 bits per heavy atom. The highest BCUT2D eigenvalue weighted by Crippen LogP contribution is 2.14. The van der Waals surface area contributed by atoms with Crippen LogP contribution in [0.3, 0.4) is 0 Å². The van der Waals surface area contributed by atoms with E-state index in [4.69, 9.17) is 10.2 Å². The standard InChI is InChI=1S/C7H6O3.C3H6/c8-6-4-2-1-3-5(6)7(9)10;1-3-2/h1-4,8H,(H,9,10);3H,1H2,2H3. The molecule has 1 aromatic carbocycles. The predicted molar refractivity (Wildman–Crippen MR) is 50.9 cm³/mol. The highest BCUT2D eigenvalue weighted by Gasteiger charge is 2.05. The Bertz CT molecular complexity index is 292. The number of phenols is 1. The smallest absolute Gasteiger partial charge is 0.339 e. The molecular weight excluding hydrogens is 168 g/mol. The van der Waals surface area contributed by atoms with Crippen molar-refractivity contribution in [1.29, 1.82) is 0 Å². The van der Waals surface area contributed by atoms with Crippen molar-refractivity contribution in [3.05, 3.63) is 42.5 Å². The summed E-state index contributed by atoms with van der Waals surface area (Å²) in [6.45, 7) is 5.25. The van der Waals surface area contributed by atoms with Crippen LogP contribution in [-0.4, -0.2) is 16.2 Å². The van der Waals surface area contributed by atoms with Crippen molar-refractivity contribution in [1.82, 2.24) is 0 Å². The van der Waals surface area contributed by atoms with Gasteiger partial charge in [-0.3, -0.25) is 0 Å². The average Bonchev–Trinajstić information content (AvgIpc) is 2.06. The molecule has 3 nitrogen and oxygen atoms in total. The molecular formula is C10H12O3. The monoisotopic (exact) mass is 180 g/mol. The lowest BCUT2D eigenvalue weighted by Crippen LogP contribution is -1.95. The van der Waals surface area contributed by atoms with Crippen molar-refractivity contribution in [3.63, 3.8) is 0 Å². The number of hydrogen-bond acceptors (Lipinski definition) is 2. The van der Waals surface area contributed by atoms with Crippen LogP contribution in [0, 0.1) is 0 Å². The van der Waals surface area contributed by atoms with Crippen molar-refractivity contribution < 1.29 is 15.0 Å². The molecule has 3 heteroatoms. The minimum atomic E-state index is -1.11. The summed E-state index contributed by atoms with van der Waals surface area (Å²) in [7, 11) is 0. The van der Waals surface area contributed by atoms with Crippen LogP contribution in [0.1, 0.15) is 17.3 Å². The Hall–Kier alpha value is -1.77. The third-order valence-corrected chi connectivity index (χ3v) is 1.13. The lowest BCUT2D eigenvalue weighted by molar-refractivity contribution is 0.0694. The highest BCUT2D eigenvalue weighted by atomic mass is 16.4. The van der Waals surface area contributed by atoms with E-state index in [1.807, 2.05) is 6.92 Å². The van der Waals surface area contributed by atoms with Crippen LogP contribution in [0.15, 0.2) is 36.9 Å². The van der Waals surface area contributed by atoms with Crippen molar-refractivity contribution in [2.75, 3.05) is 0 Å². The van der Waals surface area contributed by atoms with Gasteiger partial charge in [-0.2, -0.15) is 0 Å². The third-order valence-electron chi connectivity index (χ3n) is 1.13. The molecule has 0 radical (unpaired) electrons. The molecule has 2 N–H and O–H groups in total. The summed E-state index contributed by atoms with van der Waals surface area (Å²) in [6.07, 6.45) is 1.75. The van der Waals surface area contributed by atoms with E-state index < -0.39 is 5.97 Å². The van der Waals surface area contributed by atoms with Gasteiger partial charge < -0.3 is 10.2 Å². The molecule has 0 aliphatic heterocycles. The summed E-state index contributed by atoms with van der Waals surface area (Å²) < 4.78 is 0. The number of carbonyl (C=O) groups is 1. The number of carboxylic acid groups (broad SMARTS) is 1. The van der Waals surface area contributed by atoms with Crippen molar-refractivity contribution >= 4 is 5.97 Å². The predicted octanol–water partition coefficient (Wildman–Crippen LogP) is 2.28. The first-order chi connectivity index (χ1) is 6.13. The Balaban J connectivity index is 0.000000424. The molecule has 1 aromatic rings. The topological polar surface area (TPSA) is 57.5 Å². The molecule has 0 saturated heterocycles. The number of allylic oxidation sites excluding steroid dienone is 1. The molecule has 0 aliphatic carbocycles. The Kier molecular flexibility index (Phi) is 5.03. The van der Waals surface area contributed by atoms with Crippen LogP contribution < -0.4 is 0 Å². The SMILES string of the molecule is C=CC.O=C(O)c1ccccc1O. The second kappa shape index (κ2) is 5.83. The summed E-state index contributed by atoms with van der Waals surface area (Å²) in [4.78, 5) is 10.3. The first-order valence-corrected chi connectivity index (χ1v) is 3.71. The number of benzene rings is 1. The molecule has 0 aromatic heterocycles. The molecule has 0 atom stereocenters. The van der Waals surface area contributed by atoms with Crippen LogP contribution >= 0.6 is 0 Å². The van der Waals surface area contributed by atoms with Crippen molar-refractivity contribution in [3.8, 4) is 5.75 Å². The number of aromatic carboxylic acids is 1. The number of carboxylic acids is 1. The van der Waals surface area contributed by atoms with Crippen LogP contribution in [0.5, 0.6) is 5.75 Å². The van der Waals surface area contributed by atoms with Gasteiger partial charge in [-0.05, 0) is 19.1 Å². The number of aromatic hydroxyl groups is 1. The van der Waals surface area contributed by atoms with Crippen LogP contribution in [0.4, 0.5) is 0 Å². The quantitative estimate of drug-likeness (QED) is 0.652. The van der Waals surface area contributed by atoms with E-state index >= 15 is 0 Å². The maximum absolute atomic E-state index is 10.3. The van der Waals surface area contributed by atoms with Crippen molar-refractivity contribution in [2.45, 2.75) is 6.92 Å². The van der Waals surface area contributed by atoms with Gasteiger partial charge in [0.25, 0.3) is 0 Å². The van der Waals surface area contributed by atoms with E-state index in [1.165, 1.54) is 12.1 Å². The Morgan fingerprint density at radius 3 is 2.23 bits per heavy atom. The molecule has 0 amide bonds. The van der Waals surface area contributed by atoms with Gasteiger partial charge in [-0.25, -0.2) is 4.79 Å². The fourth-order valence-corrected chi connectivity index (χ4v) is 0.654. The van der Waals surface area contributed by atoms with Gasteiger partial charge in [0.05, 0.1) is 0 Å². The maximum atomic E-state index is 10.3. The maximum Gasteiger partial charge on any atom is 0.339 e. The van der Waals surface area contributed by atoms with E-state index in [9.17, 15) is 4.79 Å². The van der Waals surface area contributed by atoms with E-state index in [0.717, 1.165) is 0 Å². The normalized spacial score (nSPS) is 8.08. The van der Waals surface area contributed by atoms with Crippen LogP contribution in [0.2, 0.25) is 0 Å². The molecule has 0 heterocycles. The van der Waals surface area contributed by atoms with Gasteiger partial charge >= 0.3 is 5.97 Å². The molecule has 1 rings (SSSR count). The Morgan fingerprint density at radius 2 is 1.92 bits per heavy atom. The van der Waals surface area contributed by atoms with Crippen LogP contribution in [-0.2, 0) is 0 Å². The number of rotatable bonds is 1. The minimum Gasteiger partial charge on any atom is -0.507 e. The summed E-state index contributed by atoms with van der Waals surface area (Å²) >= 11 is 0. The van der Waals surface area contributed by atoms with Gasteiger partial charge in [-0.1, -0.05) is 18.2 Å². The number of hydrogen-bond donors (Lipinski definition) is 2. The molecule has 0 bridgehead atoms. The molecule has 70 valence electrons. The molecule has 0 fully saturated rings. The average molecular weight is 180 g/mol. The van der Waals surface area contributed by atoms with Gasteiger partial charge in [-0.15, -0.1) is 6.58 Å². The molecule has 0 unspecified atom stereocenters. The van der Waals surface area contributed by atoms with Crippen molar-refractivity contribution in [2.24, 2.45) is 0 Å². The van der Waals surface area contributed by atoms with Gasteiger partial charge in [0.2, 0.25) is 0 Å². The minimum absolute atomic E-state index is 0.0671. The number of para-hydroxylation sites is 1. The third kappa shape index (κ3) is 3.96. The van der Waals surface area contributed by atoms with E-state index in [2.05, 4.69) is 6.58 Å². The molecule has 13 heavy (non-hydrogen) atoms. The molecule has 0 saturated carbocycles. The van der Waals surface area contributed by atoms with Gasteiger partial charge in [0.15, 0.2) is 0 Å². The van der Waals surface area contributed by atoms with Crippen LogP contribution in [0.25, 0.3) is 0 Å². The first kappa shape index (κ1) is 11.2. The highest BCUT2D eigenvalue weighted by molar-refractivity contribution is 5.90. The van der Waals surface area contributed by atoms with E-state index in [-0.39, 0.29) is 11.3 Å². The zero-order valence-electron chi connectivity index (χ0n) is 7.40. The fraction of sp³-hybridized carbons (Fsp3) is 0.100. The molecule has 0 spiro atoms. The van der Waals surface area contributed by atoms with Gasteiger partial charge in [0, 0.05) is 0 Å². The second-order valence-electron chi connectivity index (χ2n) is 2.23. The Labute approximate surface area is 77.0 Å². The first-order valence-electron chi connectivity index (χ1n) is 3.71. The summed E-state index contributed by atoms with van der Waals surface area (Å²) in [5.41, 5.74) is -0.0671. The van der Waals surface area contributed by atoms with E-state index in [0.29, 0.717) is 0 Å². The zero-order chi connectivity index (χ0) is 10.3. The van der Waals surface area contributed by atoms with E-state index in [1.54, 1.807) is 18.2 Å². The summed E-state index contributed by atoms with van der Waals surface area (Å²) in [5, 5.41) is 17.3. The lowest BCUT2D eigenvalue weighted by atomic mass is 10.2. The molecule has 0 aliphatic rings.